The van der Waals surface area contributed by atoms with Gasteiger partial charge in [0.25, 0.3) is 0 Å². The number of alkyl halides is 3. The Bertz CT molecular complexity index is 461. The summed E-state index contributed by atoms with van der Waals surface area (Å²) in [6, 6.07) is 3.30. The first-order valence-electron chi connectivity index (χ1n) is 5.43. The Morgan fingerprint density at radius 3 is 2.47 bits per heavy atom. The molecule has 1 aromatic rings. The molecule has 0 aromatic heterocycles. The van der Waals surface area contributed by atoms with E-state index in [1.807, 2.05) is 0 Å². The molecule has 0 radical (unpaired) electrons. The topological polar surface area (TPSA) is 32.3 Å². The highest BCUT2D eigenvalue weighted by Crippen LogP contribution is 2.34. The summed E-state index contributed by atoms with van der Waals surface area (Å²) in [6.07, 6.45) is -2.68. The molecular weight excluding hydrogens is 277 g/mol. The summed E-state index contributed by atoms with van der Waals surface area (Å²) in [5.74, 6) is -0.127. The van der Waals surface area contributed by atoms with Crippen LogP contribution >= 0.6 is 11.8 Å². The van der Waals surface area contributed by atoms with Crippen LogP contribution in [0.5, 0.6) is 0 Å². The minimum atomic E-state index is -4.43. The van der Waals surface area contributed by atoms with Crippen molar-refractivity contribution in [3.63, 3.8) is 0 Å². The molecule has 106 valence electrons. The maximum absolute atomic E-state index is 12.7. The lowest BCUT2D eigenvalue weighted by molar-refractivity contribution is -0.137. The minimum absolute atomic E-state index is 0.166. The highest BCUT2D eigenvalue weighted by Gasteiger charge is 2.31. The third kappa shape index (κ3) is 4.34. The van der Waals surface area contributed by atoms with E-state index in [0.29, 0.717) is 5.69 Å². The van der Waals surface area contributed by atoms with Gasteiger partial charge in [0.05, 0.1) is 22.7 Å². The molecular formula is C12H15F3N2OS. The molecule has 3 nitrogen and oxygen atoms in total. The van der Waals surface area contributed by atoms with Gasteiger partial charge in [0.2, 0.25) is 5.91 Å². The number of amides is 1. The number of benzene rings is 1. The van der Waals surface area contributed by atoms with Gasteiger partial charge in [0.15, 0.2) is 0 Å². The molecule has 1 rings (SSSR count). The molecule has 0 saturated heterocycles. The maximum Gasteiger partial charge on any atom is 0.416 e. The van der Waals surface area contributed by atoms with Crippen LogP contribution in [0.15, 0.2) is 18.2 Å². The minimum Gasteiger partial charge on any atom is -0.376 e. The van der Waals surface area contributed by atoms with Gasteiger partial charge in [-0.15, -0.1) is 0 Å². The number of carbonyl (C=O) groups excluding carboxylic acids is 1. The average Bonchev–Trinajstić information content (AvgIpc) is 2.27. The molecule has 0 spiro atoms. The van der Waals surface area contributed by atoms with Crippen molar-refractivity contribution in [1.82, 2.24) is 0 Å². The van der Waals surface area contributed by atoms with E-state index in [1.165, 1.54) is 17.8 Å². The summed E-state index contributed by atoms with van der Waals surface area (Å²) in [5, 5.41) is 2.50. The molecule has 1 amide bonds. The van der Waals surface area contributed by atoms with Gasteiger partial charge in [-0.25, -0.2) is 0 Å². The van der Waals surface area contributed by atoms with Crippen LogP contribution in [0.4, 0.5) is 24.5 Å². The number of anilines is 2. The summed E-state index contributed by atoms with van der Waals surface area (Å²) >= 11 is 1.31. The Balaban J connectivity index is 3.12. The van der Waals surface area contributed by atoms with Crippen molar-refractivity contribution in [1.29, 1.82) is 0 Å². The van der Waals surface area contributed by atoms with E-state index in [1.54, 1.807) is 25.3 Å². The monoisotopic (exact) mass is 292 g/mol. The zero-order valence-electron chi connectivity index (χ0n) is 10.8. The predicted octanol–water partition coefficient (Wildman–Crippen LogP) is 3.07. The van der Waals surface area contributed by atoms with Gasteiger partial charge in [0.1, 0.15) is 0 Å². The standard InChI is InChI=1S/C12H15F3N2OS/c1-17(2)10-5-4-8(12(13,14)15)6-9(10)16-11(18)7-19-3/h4-6H,7H2,1-3H3,(H,16,18). The lowest BCUT2D eigenvalue weighted by Gasteiger charge is -2.19. The van der Waals surface area contributed by atoms with Gasteiger partial charge in [-0.2, -0.15) is 24.9 Å². The molecule has 0 saturated carbocycles. The number of rotatable bonds is 4. The van der Waals surface area contributed by atoms with Crippen LogP contribution < -0.4 is 10.2 Å². The van der Waals surface area contributed by atoms with Crippen molar-refractivity contribution in [3.8, 4) is 0 Å². The first kappa shape index (κ1) is 15.7. The molecule has 0 fully saturated rings. The number of hydrogen-bond acceptors (Lipinski definition) is 3. The fraction of sp³-hybridized carbons (Fsp3) is 0.417. The molecule has 0 aliphatic carbocycles. The van der Waals surface area contributed by atoms with Gasteiger partial charge < -0.3 is 10.2 Å². The van der Waals surface area contributed by atoms with Crippen LogP contribution in [-0.4, -0.2) is 32.0 Å². The first-order chi connectivity index (χ1) is 8.75. The van der Waals surface area contributed by atoms with Crippen molar-refractivity contribution < 1.29 is 18.0 Å². The predicted molar refractivity (Wildman–Crippen MR) is 72.8 cm³/mol. The lowest BCUT2D eigenvalue weighted by atomic mass is 10.1. The van der Waals surface area contributed by atoms with E-state index in [0.717, 1.165) is 12.1 Å². The first-order valence-corrected chi connectivity index (χ1v) is 6.82. The van der Waals surface area contributed by atoms with Crippen molar-refractivity contribution in [2.45, 2.75) is 6.18 Å². The van der Waals surface area contributed by atoms with E-state index in [9.17, 15) is 18.0 Å². The second-order valence-electron chi connectivity index (χ2n) is 4.11. The Labute approximate surface area is 114 Å². The fourth-order valence-corrected chi connectivity index (χ4v) is 1.85. The molecule has 0 aliphatic rings. The molecule has 1 aromatic carbocycles. The Kier molecular flexibility index (Phi) is 5.11. The summed E-state index contributed by atoms with van der Waals surface area (Å²) in [6.45, 7) is 0. The highest BCUT2D eigenvalue weighted by molar-refractivity contribution is 7.99. The Morgan fingerprint density at radius 1 is 1.37 bits per heavy atom. The van der Waals surface area contributed by atoms with E-state index < -0.39 is 11.7 Å². The normalized spacial score (nSPS) is 11.3. The SMILES string of the molecule is CSCC(=O)Nc1cc(C(F)(F)F)ccc1N(C)C. The second-order valence-corrected chi connectivity index (χ2v) is 4.97. The molecule has 0 aliphatic heterocycles. The Morgan fingerprint density at radius 2 is 2.00 bits per heavy atom. The van der Waals surface area contributed by atoms with E-state index in [2.05, 4.69) is 5.32 Å². The number of nitrogens with one attached hydrogen (secondary N) is 1. The largest absolute Gasteiger partial charge is 0.416 e. The van der Waals surface area contributed by atoms with Crippen molar-refractivity contribution in [3.05, 3.63) is 23.8 Å². The van der Waals surface area contributed by atoms with Crippen LogP contribution in [0.25, 0.3) is 0 Å². The quantitative estimate of drug-likeness (QED) is 0.925. The third-order valence-electron chi connectivity index (χ3n) is 2.36. The van der Waals surface area contributed by atoms with Crippen molar-refractivity contribution in [2.24, 2.45) is 0 Å². The summed E-state index contributed by atoms with van der Waals surface area (Å²) < 4.78 is 38.0. The van der Waals surface area contributed by atoms with E-state index in [4.69, 9.17) is 0 Å². The van der Waals surface area contributed by atoms with Gasteiger partial charge in [-0.05, 0) is 24.5 Å². The Hall–Kier alpha value is -1.37. The molecule has 0 unspecified atom stereocenters. The van der Waals surface area contributed by atoms with Crippen LogP contribution in [0.3, 0.4) is 0 Å². The zero-order valence-corrected chi connectivity index (χ0v) is 11.7. The van der Waals surface area contributed by atoms with Crippen LogP contribution in [0.1, 0.15) is 5.56 Å². The molecule has 0 heterocycles. The van der Waals surface area contributed by atoms with Crippen molar-refractivity contribution in [2.75, 3.05) is 36.3 Å². The highest BCUT2D eigenvalue weighted by atomic mass is 32.2. The fourth-order valence-electron chi connectivity index (χ4n) is 1.52. The summed E-state index contributed by atoms with van der Waals surface area (Å²) in [7, 11) is 3.40. The number of hydrogen-bond donors (Lipinski definition) is 1. The molecule has 0 bridgehead atoms. The van der Waals surface area contributed by atoms with Crippen LogP contribution in [-0.2, 0) is 11.0 Å². The molecule has 19 heavy (non-hydrogen) atoms. The maximum atomic E-state index is 12.7. The van der Waals surface area contributed by atoms with Crippen molar-refractivity contribution >= 4 is 29.0 Å². The summed E-state index contributed by atoms with van der Waals surface area (Å²) in [5.41, 5.74) is -0.0844. The zero-order chi connectivity index (χ0) is 14.6. The smallest absolute Gasteiger partial charge is 0.376 e. The average molecular weight is 292 g/mol. The van der Waals surface area contributed by atoms with Gasteiger partial charge in [-0.1, -0.05) is 0 Å². The number of carbonyl (C=O) groups is 1. The number of thioether (sulfide) groups is 1. The van der Waals surface area contributed by atoms with E-state index >= 15 is 0 Å². The number of nitrogens with zero attached hydrogens (tertiary/aromatic N) is 1. The van der Waals surface area contributed by atoms with E-state index in [-0.39, 0.29) is 17.3 Å². The van der Waals surface area contributed by atoms with Crippen LogP contribution in [0, 0.1) is 0 Å². The van der Waals surface area contributed by atoms with Crippen LogP contribution in [0.2, 0.25) is 0 Å². The second kappa shape index (κ2) is 6.18. The van der Waals surface area contributed by atoms with Gasteiger partial charge in [-0.3, -0.25) is 4.79 Å². The van der Waals surface area contributed by atoms with Gasteiger partial charge >= 0.3 is 6.18 Å². The molecule has 0 atom stereocenters. The lowest BCUT2D eigenvalue weighted by Crippen LogP contribution is -2.19. The van der Waals surface area contributed by atoms with Gasteiger partial charge in [0, 0.05) is 14.1 Å². The molecule has 1 N–H and O–H groups in total. The third-order valence-corrected chi connectivity index (χ3v) is 2.91. The number of halogens is 3. The molecule has 7 heteroatoms. The summed E-state index contributed by atoms with van der Waals surface area (Å²) in [4.78, 5) is 13.2.